The van der Waals surface area contributed by atoms with E-state index in [-0.39, 0.29) is 6.10 Å². The van der Waals surface area contributed by atoms with Crippen molar-refractivity contribution in [1.82, 2.24) is 15.5 Å². The van der Waals surface area contributed by atoms with Crippen LogP contribution in [-0.2, 0) is 4.74 Å². The first kappa shape index (κ1) is 14.0. The predicted octanol–water partition coefficient (Wildman–Crippen LogP) is 2.19. The molecule has 0 amide bonds. The monoisotopic (exact) mass is 289 g/mol. The highest BCUT2D eigenvalue weighted by Crippen LogP contribution is 2.24. The van der Waals surface area contributed by atoms with E-state index in [9.17, 15) is 0 Å². The number of rotatable bonds is 5. The average molecular weight is 289 g/mol. The second kappa shape index (κ2) is 6.69. The summed E-state index contributed by atoms with van der Waals surface area (Å²) in [5.74, 6) is 1.88. The van der Waals surface area contributed by atoms with Gasteiger partial charge in [-0.15, -0.1) is 0 Å². The Morgan fingerprint density at radius 3 is 3.19 bits per heavy atom. The molecule has 1 aliphatic rings. The molecule has 1 aromatic heterocycles. The van der Waals surface area contributed by atoms with E-state index in [2.05, 4.69) is 22.4 Å². The zero-order valence-corrected chi connectivity index (χ0v) is 12.0. The zero-order valence-electron chi connectivity index (χ0n) is 12.0. The summed E-state index contributed by atoms with van der Waals surface area (Å²) < 4.78 is 16.6. The Morgan fingerprint density at radius 1 is 1.43 bits per heavy atom. The van der Waals surface area contributed by atoms with E-state index in [4.69, 9.17) is 14.0 Å². The van der Waals surface area contributed by atoms with Gasteiger partial charge < -0.3 is 19.3 Å². The first-order chi connectivity index (χ1) is 10.4. The fourth-order valence-electron chi connectivity index (χ4n) is 2.15. The van der Waals surface area contributed by atoms with E-state index in [0.29, 0.717) is 31.5 Å². The molecule has 0 spiro atoms. The molecule has 1 aliphatic heterocycles. The minimum absolute atomic E-state index is 0.143. The largest absolute Gasteiger partial charge is 0.494 e. The van der Waals surface area contributed by atoms with Crippen molar-refractivity contribution in [2.45, 2.75) is 19.4 Å². The minimum Gasteiger partial charge on any atom is -0.494 e. The molecule has 3 rings (SSSR count). The predicted molar refractivity (Wildman–Crippen MR) is 77.1 cm³/mol. The lowest BCUT2D eigenvalue weighted by Gasteiger charge is -2.20. The molecule has 0 radical (unpaired) electrons. The molecule has 6 nitrogen and oxygen atoms in total. The quantitative estimate of drug-likeness (QED) is 0.910. The molecular weight excluding hydrogens is 270 g/mol. The van der Waals surface area contributed by atoms with Gasteiger partial charge >= 0.3 is 0 Å². The lowest BCUT2D eigenvalue weighted by molar-refractivity contribution is 0.0208. The first-order valence-corrected chi connectivity index (χ1v) is 7.26. The Bertz CT molecular complexity index is 579. The van der Waals surface area contributed by atoms with Crippen molar-refractivity contribution in [2.75, 3.05) is 26.3 Å². The van der Waals surface area contributed by atoms with E-state index in [0.717, 1.165) is 24.3 Å². The molecule has 0 saturated carbocycles. The van der Waals surface area contributed by atoms with Gasteiger partial charge in [-0.25, -0.2) is 0 Å². The second-order valence-corrected chi connectivity index (χ2v) is 4.90. The smallest absolute Gasteiger partial charge is 0.258 e. The minimum atomic E-state index is -0.143. The molecule has 6 heteroatoms. The van der Waals surface area contributed by atoms with Gasteiger partial charge in [0.25, 0.3) is 5.89 Å². The molecule has 0 bridgehead atoms. The van der Waals surface area contributed by atoms with E-state index in [1.165, 1.54) is 0 Å². The van der Waals surface area contributed by atoms with Crippen LogP contribution in [0.3, 0.4) is 0 Å². The molecule has 1 saturated heterocycles. The van der Waals surface area contributed by atoms with Crippen LogP contribution in [0.5, 0.6) is 5.75 Å². The number of hydrogen-bond donors (Lipinski definition) is 1. The fraction of sp³-hybridized carbons (Fsp3) is 0.467. The highest BCUT2D eigenvalue weighted by atomic mass is 16.5. The number of ether oxygens (including phenoxy) is 2. The summed E-state index contributed by atoms with van der Waals surface area (Å²) in [7, 11) is 0. The maximum absolute atomic E-state index is 5.62. The Balaban J connectivity index is 1.76. The van der Waals surface area contributed by atoms with Gasteiger partial charge in [0, 0.05) is 18.7 Å². The van der Waals surface area contributed by atoms with Gasteiger partial charge in [-0.3, -0.25) is 0 Å². The number of hydrogen-bond acceptors (Lipinski definition) is 6. The summed E-state index contributed by atoms with van der Waals surface area (Å²) >= 11 is 0. The van der Waals surface area contributed by atoms with Crippen molar-refractivity contribution in [3.05, 3.63) is 30.1 Å². The Labute approximate surface area is 123 Å². The fourth-order valence-corrected chi connectivity index (χ4v) is 2.15. The third kappa shape index (κ3) is 3.40. The van der Waals surface area contributed by atoms with Gasteiger partial charge in [-0.2, -0.15) is 4.98 Å². The van der Waals surface area contributed by atoms with Gasteiger partial charge in [0.2, 0.25) is 5.82 Å². The van der Waals surface area contributed by atoms with Crippen LogP contribution in [0.4, 0.5) is 0 Å². The van der Waals surface area contributed by atoms with Crippen LogP contribution in [0.1, 0.15) is 25.3 Å². The maximum atomic E-state index is 5.62. The lowest BCUT2D eigenvalue weighted by atomic mass is 10.2. The second-order valence-electron chi connectivity index (χ2n) is 4.90. The molecule has 1 unspecified atom stereocenters. The highest BCUT2D eigenvalue weighted by Gasteiger charge is 2.22. The van der Waals surface area contributed by atoms with Crippen LogP contribution in [0.25, 0.3) is 11.5 Å². The van der Waals surface area contributed by atoms with Crippen molar-refractivity contribution in [3.8, 4) is 17.2 Å². The molecule has 1 fully saturated rings. The van der Waals surface area contributed by atoms with Crippen molar-refractivity contribution in [3.63, 3.8) is 0 Å². The van der Waals surface area contributed by atoms with E-state index >= 15 is 0 Å². The van der Waals surface area contributed by atoms with E-state index < -0.39 is 0 Å². The summed E-state index contributed by atoms with van der Waals surface area (Å²) in [6.07, 6.45) is 0.830. The van der Waals surface area contributed by atoms with Crippen LogP contribution in [0.15, 0.2) is 28.8 Å². The normalized spacial score (nSPS) is 18.6. The van der Waals surface area contributed by atoms with Crippen molar-refractivity contribution in [2.24, 2.45) is 0 Å². The standard InChI is InChI=1S/C15H19N3O3/c1-2-7-19-12-5-3-4-11(9-12)15-17-14(18-21-15)13-10-16-6-8-20-13/h3-5,9,13,16H,2,6-8,10H2,1H3. The number of aromatic nitrogens is 2. The Kier molecular flexibility index (Phi) is 4.47. The van der Waals surface area contributed by atoms with Crippen LogP contribution < -0.4 is 10.1 Å². The molecular formula is C15H19N3O3. The van der Waals surface area contributed by atoms with Crippen LogP contribution in [0, 0.1) is 0 Å². The number of nitrogens with one attached hydrogen (secondary N) is 1. The number of nitrogens with zero attached hydrogens (tertiary/aromatic N) is 2. The molecule has 21 heavy (non-hydrogen) atoms. The molecule has 2 heterocycles. The zero-order chi connectivity index (χ0) is 14.5. The highest BCUT2D eigenvalue weighted by molar-refractivity contribution is 5.55. The summed E-state index contributed by atoms with van der Waals surface area (Å²) in [4.78, 5) is 4.43. The molecule has 112 valence electrons. The molecule has 2 aromatic rings. The summed E-state index contributed by atoms with van der Waals surface area (Å²) in [6.45, 7) is 5.00. The summed E-state index contributed by atoms with van der Waals surface area (Å²) in [6, 6.07) is 7.68. The Hall–Kier alpha value is -1.92. The van der Waals surface area contributed by atoms with Gasteiger partial charge in [0.05, 0.1) is 13.2 Å². The number of morpholine rings is 1. The molecule has 1 aromatic carbocycles. The molecule has 1 N–H and O–H groups in total. The molecule has 0 aliphatic carbocycles. The summed E-state index contributed by atoms with van der Waals surface area (Å²) in [5.41, 5.74) is 0.853. The lowest BCUT2D eigenvalue weighted by Crippen LogP contribution is -2.33. The van der Waals surface area contributed by atoms with E-state index in [1.54, 1.807) is 0 Å². The topological polar surface area (TPSA) is 69.4 Å². The van der Waals surface area contributed by atoms with Gasteiger partial charge in [0.15, 0.2) is 0 Å². The van der Waals surface area contributed by atoms with Gasteiger partial charge in [-0.05, 0) is 24.6 Å². The van der Waals surface area contributed by atoms with Gasteiger partial charge in [0.1, 0.15) is 11.9 Å². The first-order valence-electron chi connectivity index (χ1n) is 7.26. The van der Waals surface area contributed by atoms with Crippen molar-refractivity contribution in [1.29, 1.82) is 0 Å². The van der Waals surface area contributed by atoms with E-state index in [1.807, 2.05) is 24.3 Å². The third-order valence-corrected chi connectivity index (χ3v) is 3.21. The summed E-state index contributed by atoms with van der Waals surface area (Å²) in [5, 5.41) is 7.26. The third-order valence-electron chi connectivity index (χ3n) is 3.21. The van der Waals surface area contributed by atoms with Crippen LogP contribution in [-0.4, -0.2) is 36.4 Å². The van der Waals surface area contributed by atoms with Crippen molar-refractivity contribution >= 4 is 0 Å². The Morgan fingerprint density at radius 2 is 2.38 bits per heavy atom. The van der Waals surface area contributed by atoms with Crippen LogP contribution >= 0.6 is 0 Å². The maximum Gasteiger partial charge on any atom is 0.258 e. The SMILES string of the molecule is CCCOc1cccc(-c2nc(C3CNCCO3)no2)c1. The molecule has 1 atom stereocenters. The number of benzene rings is 1. The van der Waals surface area contributed by atoms with Gasteiger partial charge in [-0.1, -0.05) is 18.1 Å². The van der Waals surface area contributed by atoms with Crippen molar-refractivity contribution < 1.29 is 14.0 Å². The average Bonchev–Trinajstić information content (AvgIpc) is 3.04. The van der Waals surface area contributed by atoms with Crippen LogP contribution in [0.2, 0.25) is 0 Å².